The summed E-state index contributed by atoms with van der Waals surface area (Å²) in [6, 6.07) is 61.9. The normalized spacial score (nSPS) is 15.3. The number of hydrogen-bond acceptors (Lipinski definition) is 14. The Hall–Kier alpha value is -11.7. The van der Waals surface area contributed by atoms with Gasteiger partial charge in [0.2, 0.25) is 0 Å². The zero-order valence-corrected chi connectivity index (χ0v) is 82.7. The van der Waals surface area contributed by atoms with Crippen molar-refractivity contribution in [3.05, 3.63) is 307 Å². The van der Waals surface area contributed by atoms with E-state index < -0.39 is 0 Å². The lowest BCUT2D eigenvalue weighted by Crippen LogP contribution is -2.27. The molecule has 21 heteroatoms. The van der Waals surface area contributed by atoms with Crippen LogP contribution in [0.1, 0.15) is 219 Å². The molecular formula is C113H142FN13O7. The van der Waals surface area contributed by atoms with E-state index in [1.165, 1.54) is 106 Å². The number of methoxy groups -OCH3 is 1. The molecule has 0 bridgehead atoms. The lowest BCUT2D eigenvalue weighted by Gasteiger charge is -2.15. The standard InChI is InChI=1S/C20H27N3O.C19H24N2O2.2C19H24N2O.C18H21FN2O.C18H22N2O/c1-15-13-19(20(24)14-22-11-5-6-12-22)16(2)23(15)18-9-7-17(8-10-18)21(3)4;1-14-12-16(18(22)13-20-10-6-7-11-20)15(2)21(14)17-8-4-5-9-19(17)23-3;1-14-6-8-17(9-7-14)21-15(2)12-18(16(21)3)19(22)13-20-10-4-5-11-20;1-14-8-4-5-9-18(14)21-15(2)12-17(16(21)3)19(22)13-20-10-6-7-11-20;1-13-10-17(18(22)12-20-8-3-4-9-20)14(2)21(13)16-7-5-6-15(19)11-16;1-14-12-17(18(21)13-19-10-6-7-11-19)15(2)20(14)16-8-4-3-5-9-16/h7-10,13H,5-6,11-12,14H2,1-4H3;4-5,8-9,12H,6-7,10-11,13H2,1-3H3;6-9,12H,4-5,10-11,13H2,1-3H3;4-5,8-9,12H,6-7,10-11,13H2,1-3H3;5-7,10-11H,3-4,8-9,12H2,1-2H3;3-5,8-9,12H,6-7,10-11,13H2,1-2H3. The summed E-state index contributed by atoms with van der Waals surface area (Å²) < 4.78 is 31.7. The number of Topliss-reactive ketones (excluding diaryl/α,β-unsaturated/α-hetero) is 6. The summed E-state index contributed by atoms with van der Waals surface area (Å²) in [5.74, 6) is 1.87. The molecule has 20 nitrogen and oxygen atoms in total. The Bertz CT molecular complexity index is 6040. The van der Waals surface area contributed by atoms with Gasteiger partial charge in [-0.15, -0.1) is 0 Å². The molecule has 134 heavy (non-hydrogen) atoms. The fourth-order valence-corrected chi connectivity index (χ4v) is 20.4. The number of carbonyl (C=O) groups excluding carboxylic acids is 6. The second-order valence-corrected chi connectivity index (χ2v) is 37.7. The van der Waals surface area contributed by atoms with Gasteiger partial charge in [0.05, 0.1) is 52.1 Å². The molecule has 6 aromatic carbocycles. The minimum Gasteiger partial charge on any atom is -0.495 e. The molecule has 12 heterocycles. The molecule has 0 radical (unpaired) electrons. The van der Waals surface area contributed by atoms with Gasteiger partial charge < -0.3 is 37.0 Å². The Morgan fingerprint density at radius 1 is 0.276 bits per heavy atom. The van der Waals surface area contributed by atoms with Crippen molar-refractivity contribution in [3.63, 3.8) is 0 Å². The van der Waals surface area contributed by atoms with Crippen molar-refractivity contribution in [1.82, 2.24) is 56.8 Å². The van der Waals surface area contributed by atoms with Crippen LogP contribution in [0.5, 0.6) is 5.75 Å². The average Bonchev–Trinajstić information content (AvgIpc) is 1.67. The maximum Gasteiger partial charge on any atom is 0.178 e. The van der Waals surface area contributed by atoms with Gasteiger partial charge in [-0.3, -0.25) is 58.2 Å². The zero-order chi connectivity index (χ0) is 95.6. The Kier molecular flexibility index (Phi) is 34.6. The van der Waals surface area contributed by atoms with E-state index in [9.17, 15) is 33.2 Å². The predicted molar refractivity (Wildman–Crippen MR) is 542 cm³/mol. The van der Waals surface area contributed by atoms with E-state index in [-0.39, 0.29) is 40.5 Å². The van der Waals surface area contributed by atoms with Gasteiger partial charge in [-0.2, -0.15) is 0 Å². The summed E-state index contributed by atoms with van der Waals surface area (Å²) in [7, 11) is 5.75. The van der Waals surface area contributed by atoms with Crippen LogP contribution in [0.2, 0.25) is 0 Å². The van der Waals surface area contributed by atoms with Gasteiger partial charge in [0.15, 0.2) is 34.7 Å². The van der Waals surface area contributed by atoms with E-state index in [1.54, 1.807) is 13.2 Å². The third-order valence-corrected chi connectivity index (χ3v) is 27.5. The lowest BCUT2D eigenvalue weighted by atomic mass is 10.1. The Morgan fingerprint density at radius 3 is 0.836 bits per heavy atom. The molecule has 0 saturated carbocycles. The van der Waals surface area contributed by atoms with Crippen molar-refractivity contribution in [1.29, 1.82) is 0 Å². The zero-order valence-electron chi connectivity index (χ0n) is 82.7. The minimum absolute atomic E-state index is 0.151. The van der Waals surface area contributed by atoms with Crippen LogP contribution in [0.15, 0.2) is 188 Å². The van der Waals surface area contributed by atoms with E-state index in [0.717, 1.165) is 220 Å². The highest BCUT2D eigenvalue weighted by Gasteiger charge is 2.29. The average molecular weight is 1810 g/mol. The molecule has 18 rings (SSSR count). The quantitative estimate of drug-likeness (QED) is 0.0470. The number of aryl methyl sites for hydroxylation is 8. The van der Waals surface area contributed by atoms with Crippen LogP contribution in [0, 0.1) is 103 Å². The van der Waals surface area contributed by atoms with Crippen LogP contribution >= 0.6 is 0 Å². The molecule has 0 unspecified atom stereocenters. The van der Waals surface area contributed by atoms with Crippen molar-refractivity contribution < 1.29 is 37.9 Å². The van der Waals surface area contributed by atoms with Gasteiger partial charge in [0.25, 0.3) is 0 Å². The fourth-order valence-electron chi connectivity index (χ4n) is 20.4. The van der Waals surface area contributed by atoms with Gasteiger partial charge in [-0.1, -0.05) is 72.3 Å². The third kappa shape index (κ3) is 24.5. The van der Waals surface area contributed by atoms with Crippen LogP contribution in [0.3, 0.4) is 0 Å². The van der Waals surface area contributed by atoms with Crippen LogP contribution < -0.4 is 9.64 Å². The molecule has 12 aromatic rings. The first-order valence-electron chi connectivity index (χ1n) is 48.5. The molecule has 6 saturated heterocycles. The molecule has 0 N–H and O–H groups in total. The number of nitrogens with zero attached hydrogens (tertiary/aromatic N) is 13. The molecule has 6 aromatic heterocycles. The minimum atomic E-state index is -0.269. The SMILES string of the molecule is COc1ccccc1-n1c(C)cc(C(=O)CN2CCCC2)c1C.Cc1cc(C(=O)CN2CCCC2)c(C)n1-c1ccc(N(C)C)cc1.Cc1cc(C(=O)CN2CCCC2)c(C)n1-c1cccc(F)c1.Cc1cc(C(=O)CN2CCCC2)c(C)n1-c1ccccc1.Cc1ccc(-n2c(C)cc(C(=O)CN3CCCC3)c2C)cc1.Cc1ccccc1-n1c(C)cc(C(=O)CN2CCCC2)c1C. The highest BCUT2D eigenvalue weighted by Crippen LogP contribution is 2.33. The molecule has 0 atom stereocenters. The van der Waals surface area contributed by atoms with E-state index in [0.29, 0.717) is 39.3 Å². The fraction of sp³-hybridized carbons (Fsp3) is 0.416. The van der Waals surface area contributed by atoms with Gasteiger partial charge in [-0.25, -0.2) is 4.39 Å². The first kappa shape index (κ1) is 99.8. The van der Waals surface area contributed by atoms with Crippen molar-refractivity contribution in [2.45, 2.75) is 174 Å². The van der Waals surface area contributed by atoms with Gasteiger partial charge in [0.1, 0.15) is 11.6 Å². The maximum absolute atomic E-state index is 13.5. The first-order chi connectivity index (χ1) is 64.4. The third-order valence-electron chi connectivity index (χ3n) is 27.5. The summed E-state index contributed by atoms with van der Waals surface area (Å²) in [6.45, 7) is 44.3. The molecule has 0 spiro atoms. The van der Waals surface area contributed by atoms with Crippen molar-refractivity contribution in [3.8, 4) is 39.9 Å². The summed E-state index contributed by atoms with van der Waals surface area (Å²) in [5.41, 5.74) is 27.4. The van der Waals surface area contributed by atoms with Crippen molar-refractivity contribution >= 4 is 40.4 Å². The monoisotopic (exact) mass is 1810 g/mol. The number of aromatic nitrogens is 6. The summed E-state index contributed by atoms with van der Waals surface area (Å²) in [5, 5.41) is 0. The highest BCUT2D eigenvalue weighted by atomic mass is 19.1. The smallest absolute Gasteiger partial charge is 0.178 e. The molecule has 6 fully saturated rings. The Morgan fingerprint density at radius 2 is 0.530 bits per heavy atom. The van der Waals surface area contributed by atoms with E-state index in [2.05, 4.69) is 178 Å². The topological polar surface area (TPSA) is 164 Å². The predicted octanol–water partition coefficient (Wildman–Crippen LogP) is 21.1. The number of halogens is 1. The largest absolute Gasteiger partial charge is 0.495 e. The van der Waals surface area contributed by atoms with Crippen LogP contribution in [0.4, 0.5) is 10.1 Å². The number of ketones is 6. The molecule has 0 aliphatic carbocycles. The van der Waals surface area contributed by atoms with E-state index in [4.69, 9.17) is 4.74 Å². The second kappa shape index (κ2) is 46.5. The number of para-hydroxylation sites is 4. The number of rotatable bonds is 26. The first-order valence-corrected chi connectivity index (χ1v) is 48.5. The van der Waals surface area contributed by atoms with Crippen LogP contribution in [-0.2, 0) is 0 Å². The Balaban J connectivity index is 0.000000136. The summed E-state index contributed by atoms with van der Waals surface area (Å²) in [4.78, 5) is 91.4. The molecule has 0 amide bonds. The number of likely N-dealkylation sites (tertiary alicyclic amines) is 6. The molecule has 6 aliphatic rings. The lowest BCUT2D eigenvalue weighted by molar-refractivity contribution is 0.0937. The summed E-state index contributed by atoms with van der Waals surface area (Å²) in [6.07, 6.45) is 14.5. The highest BCUT2D eigenvalue weighted by molar-refractivity contribution is 6.02. The van der Waals surface area contributed by atoms with Crippen LogP contribution in [-0.4, -0.2) is 231 Å². The summed E-state index contributed by atoms with van der Waals surface area (Å²) >= 11 is 0. The number of ether oxygens (including phenoxy) is 1. The van der Waals surface area contributed by atoms with Crippen molar-refractivity contribution in [2.24, 2.45) is 0 Å². The molecule has 6 aliphatic heterocycles. The number of hydrogen-bond donors (Lipinski definition) is 0. The molecule has 708 valence electrons. The molecular weight excluding hydrogens is 1670 g/mol. The van der Waals surface area contributed by atoms with Crippen LogP contribution in [0.25, 0.3) is 34.1 Å². The maximum atomic E-state index is 13.5. The van der Waals surface area contributed by atoms with Gasteiger partial charge in [-0.05, 0) is 379 Å². The number of anilines is 1. The van der Waals surface area contributed by atoms with Gasteiger partial charge in [0, 0.05) is 150 Å². The van der Waals surface area contributed by atoms with E-state index in [1.807, 2.05) is 164 Å². The van der Waals surface area contributed by atoms with Gasteiger partial charge >= 0.3 is 0 Å². The van der Waals surface area contributed by atoms with Crippen molar-refractivity contribution in [2.75, 3.05) is 144 Å². The van der Waals surface area contributed by atoms with E-state index >= 15 is 0 Å². The second-order valence-electron chi connectivity index (χ2n) is 37.7. The number of benzene rings is 6. The number of carbonyl (C=O) groups is 6. The Labute approximate surface area is 794 Å².